The standard InChI is InChI=1S/C18H19BrN2O3/c1-18(2)9-12-5-4-6-14(17(12)24-18)23-11-16(22)21(3)15-8-7-13(19)10-20-15/h4-8,10H,9,11H2,1-3H3. The number of carbonyl (C=O) groups is 1. The molecule has 1 amide bonds. The van der Waals surface area contributed by atoms with E-state index in [4.69, 9.17) is 9.47 Å². The Balaban J connectivity index is 1.67. The van der Waals surface area contributed by atoms with Crippen LogP contribution in [0.25, 0.3) is 0 Å². The zero-order chi connectivity index (χ0) is 17.3. The molecule has 0 saturated carbocycles. The number of halogens is 1. The molecular formula is C18H19BrN2O3. The minimum absolute atomic E-state index is 0.0749. The van der Waals surface area contributed by atoms with Crippen molar-refractivity contribution in [2.24, 2.45) is 0 Å². The second-order valence-electron chi connectivity index (χ2n) is 6.36. The van der Waals surface area contributed by atoms with Gasteiger partial charge in [-0.2, -0.15) is 0 Å². The van der Waals surface area contributed by atoms with Crippen molar-refractivity contribution in [1.82, 2.24) is 4.98 Å². The van der Waals surface area contributed by atoms with Crippen molar-refractivity contribution in [3.05, 3.63) is 46.6 Å². The van der Waals surface area contributed by atoms with Crippen LogP contribution in [0.4, 0.5) is 5.82 Å². The number of nitrogens with zero attached hydrogens (tertiary/aromatic N) is 2. The number of benzene rings is 1. The molecule has 0 fully saturated rings. The molecule has 0 aliphatic carbocycles. The van der Waals surface area contributed by atoms with Crippen LogP contribution in [-0.2, 0) is 11.2 Å². The molecular weight excluding hydrogens is 372 g/mol. The van der Waals surface area contributed by atoms with Crippen molar-refractivity contribution in [3.63, 3.8) is 0 Å². The lowest BCUT2D eigenvalue weighted by atomic mass is 10.0. The van der Waals surface area contributed by atoms with Crippen molar-refractivity contribution in [2.45, 2.75) is 25.9 Å². The fraction of sp³-hybridized carbons (Fsp3) is 0.333. The fourth-order valence-corrected chi connectivity index (χ4v) is 2.87. The lowest BCUT2D eigenvalue weighted by Crippen LogP contribution is -2.32. The van der Waals surface area contributed by atoms with E-state index in [1.54, 1.807) is 19.3 Å². The number of para-hydroxylation sites is 1. The lowest BCUT2D eigenvalue weighted by Gasteiger charge is -2.19. The van der Waals surface area contributed by atoms with Crippen molar-refractivity contribution < 1.29 is 14.3 Å². The summed E-state index contributed by atoms with van der Waals surface area (Å²) in [5, 5.41) is 0. The number of likely N-dealkylation sites (N-methyl/N-ethyl adjacent to an activating group) is 1. The van der Waals surface area contributed by atoms with Crippen LogP contribution in [0.1, 0.15) is 19.4 Å². The zero-order valence-electron chi connectivity index (χ0n) is 13.9. The topological polar surface area (TPSA) is 51.7 Å². The number of hydrogen-bond donors (Lipinski definition) is 0. The lowest BCUT2D eigenvalue weighted by molar-refractivity contribution is -0.120. The molecule has 126 valence electrons. The maximum Gasteiger partial charge on any atom is 0.265 e. The molecule has 5 nitrogen and oxygen atoms in total. The Morgan fingerprint density at radius 3 is 2.88 bits per heavy atom. The Kier molecular flexibility index (Phi) is 4.49. The number of pyridine rings is 1. The van der Waals surface area contributed by atoms with Gasteiger partial charge in [-0.3, -0.25) is 9.69 Å². The normalized spacial score (nSPS) is 14.7. The Labute approximate surface area is 149 Å². The van der Waals surface area contributed by atoms with Gasteiger partial charge in [0.1, 0.15) is 11.4 Å². The Hall–Kier alpha value is -2.08. The highest BCUT2D eigenvalue weighted by molar-refractivity contribution is 9.10. The summed E-state index contributed by atoms with van der Waals surface area (Å²) in [6.45, 7) is 4.00. The molecule has 0 spiro atoms. The molecule has 0 saturated heterocycles. The largest absolute Gasteiger partial charge is 0.483 e. The minimum atomic E-state index is -0.246. The smallest absolute Gasteiger partial charge is 0.265 e. The summed E-state index contributed by atoms with van der Waals surface area (Å²) in [6.07, 6.45) is 2.48. The van der Waals surface area contributed by atoms with Crippen LogP contribution in [0.15, 0.2) is 41.0 Å². The number of rotatable bonds is 4. The first-order chi connectivity index (χ1) is 11.4. The van der Waals surface area contributed by atoms with Gasteiger partial charge in [-0.25, -0.2) is 4.98 Å². The summed E-state index contributed by atoms with van der Waals surface area (Å²) >= 11 is 3.33. The molecule has 2 heterocycles. The van der Waals surface area contributed by atoms with Crippen LogP contribution in [0.3, 0.4) is 0 Å². The molecule has 0 N–H and O–H groups in total. The van der Waals surface area contributed by atoms with Crippen molar-refractivity contribution >= 4 is 27.7 Å². The maximum atomic E-state index is 12.3. The quantitative estimate of drug-likeness (QED) is 0.799. The summed E-state index contributed by atoms with van der Waals surface area (Å²) in [5.74, 6) is 1.73. The third-order valence-corrected chi connectivity index (χ3v) is 4.30. The average Bonchev–Trinajstić information content (AvgIpc) is 2.87. The van der Waals surface area contributed by atoms with Gasteiger partial charge in [0.25, 0.3) is 5.91 Å². The molecule has 0 bridgehead atoms. The number of ether oxygens (including phenoxy) is 2. The van der Waals surface area contributed by atoms with Gasteiger partial charge in [0.05, 0.1) is 0 Å². The number of carbonyl (C=O) groups excluding carboxylic acids is 1. The van der Waals surface area contributed by atoms with E-state index < -0.39 is 0 Å². The van der Waals surface area contributed by atoms with Crippen LogP contribution in [0.5, 0.6) is 11.5 Å². The molecule has 6 heteroatoms. The number of anilines is 1. The predicted molar refractivity (Wildman–Crippen MR) is 95.7 cm³/mol. The van der Waals surface area contributed by atoms with Crippen LogP contribution in [0.2, 0.25) is 0 Å². The number of hydrogen-bond acceptors (Lipinski definition) is 4. The monoisotopic (exact) mass is 390 g/mol. The third kappa shape index (κ3) is 3.53. The van der Waals surface area contributed by atoms with E-state index in [-0.39, 0.29) is 18.1 Å². The van der Waals surface area contributed by atoms with Gasteiger partial charge in [0.2, 0.25) is 0 Å². The van der Waals surface area contributed by atoms with Gasteiger partial charge in [0.15, 0.2) is 18.1 Å². The molecule has 3 rings (SSSR count). The molecule has 1 aromatic heterocycles. The summed E-state index contributed by atoms with van der Waals surface area (Å²) in [6, 6.07) is 9.38. The molecule has 0 atom stereocenters. The number of aromatic nitrogens is 1. The molecule has 24 heavy (non-hydrogen) atoms. The van der Waals surface area contributed by atoms with Crippen molar-refractivity contribution in [3.8, 4) is 11.5 Å². The van der Waals surface area contributed by atoms with E-state index in [0.717, 1.165) is 22.2 Å². The molecule has 1 aliphatic rings. The average molecular weight is 391 g/mol. The Morgan fingerprint density at radius 1 is 1.38 bits per heavy atom. The van der Waals surface area contributed by atoms with E-state index in [0.29, 0.717) is 11.6 Å². The first-order valence-electron chi connectivity index (χ1n) is 7.67. The van der Waals surface area contributed by atoms with Gasteiger partial charge in [-0.15, -0.1) is 0 Å². The number of amides is 1. The predicted octanol–water partition coefficient (Wildman–Crippen LogP) is 3.60. The van der Waals surface area contributed by atoms with Crippen molar-refractivity contribution in [2.75, 3.05) is 18.6 Å². The van der Waals surface area contributed by atoms with Gasteiger partial charge in [-0.05, 0) is 48.0 Å². The molecule has 2 aromatic rings. The second kappa shape index (κ2) is 6.43. The first-order valence-corrected chi connectivity index (χ1v) is 8.47. The van der Waals surface area contributed by atoms with Crippen LogP contribution < -0.4 is 14.4 Å². The molecule has 1 aliphatic heterocycles. The number of fused-ring (bicyclic) bond motifs is 1. The minimum Gasteiger partial charge on any atom is -0.483 e. The summed E-state index contributed by atoms with van der Waals surface area (Å²) in [7, 11) is 1.68. The highest BCUT2D eigenvalue weighted by Gasteiger charge is 2.32. The van der Waals surface area contributed by atoms with Gasteiger partial charge >= 0.3 is 0 Å². The van der Waals surface area contributed by atoms with E-state index >= 15 is 0 Å². The summed E-state index contributed by atoms with van der Waals surface area (Å²) in [4.78, 5) is 18.0. The van der Waals surface area contributed by atoms with Crippen LogP contribution in [-0.4, -0.2) is 30.1 Å². The van der Waals surface area contributed by atoms with E-state index in [9.17, 15) is 4.79 Å². The maximum absolute atomic E-state index is 12.3. The van der Waals surface area contributed by atoms with Gasteiger partial charge in [-0.1, -0.05) is 12.1 Å². The molecule has 1 aromatic carbocycles. The highest BCUT2D eigenvalue weighted by Crippen LogP contribution is 2.41. The van der Waals surface area contributed by atoms with Gasteiger partial charge in [0, 0.05) is 29.7 Å². The van der Waals surface area contributed by atoms with E-state index in [2.05, 4.69) is 20.9 Å². The first kappa shape index (κ1) is 16.8. The summed E-state index contributed by atoms with van der Waals surface area (Å²) < 4.78 is 12.5. The Bertz CT molecular complexity index is 759. The SMILES string of the molecule is CN(C(=O)COc1cccc2c1OC(C)(C)C2)c1ccc(Br)cn1. The second-order valence-corrected chi connectivity index (χ2v) is 7.27. The van der Waals surface area contributed by atoms with Gasteiger partial charge < -0.3 is 9.47 Å². The fourth-order valence-electron chi connectivity index (χ4n) is 2.63. The Morgan fingerprint density at radius 2 is 2.17 bits per heavy atom. The zero-order valence-corrected chi connectivity index (χ0v) is 15.5. The highest BCUT2D eigenvalue weighted by atomic mass is 79.9. The van der Waals surface area contributed by atoms with Crippen molar-refractivity contribution in [1.29, 1.82) is 0 Å². The molecule has 0 radical (unpaired) electrons. The molecule has 0 unspecified atom stereocenters. The van der Waals surface area contributed by atoms with E-state index in [1.807, 2.05) is 38.1 Å². The van der Waals surface area contributed by atoms with Crippen LogP contribution >= 0.6 is 15.9 Å². The van der Waals surface area contributed by atoms with Crippen LogP contribution in [0, 0.1) is 0 Å². The summed E-state index contributed by atoms with van der Waals surface area (Å²) in [5.41, 5.74) is 0.858. The van der Waals surface area contributed by atoms with E-state index in [1.165, 1.54) is 4.90 Å². The third-order valence-electron chi connectivity index (χ3n) is 3.84.